The van der Waals surface area contributed by atoms with Gasteiger partial charge in [0.2, 0.25) is 5.91 Å². The van der Waals surface area contributed by atoms with Crippen LogP contribution in [0.1, 0.15) is 25.3 Å². The van der Waals surface area contributed by atoms with E-state index in [1.54, 1.807) is 19.1 Å². The predicted molar refractivity (Wildman–Crippen MR) is 73.6 cm³/mol. The maximum Gasteiger partial charge on any atom is 0.244 e. The number of aromatic nitrogens is 1. The molecule has 0 aliphatic carbocycles. The third kappa shape index (κ3) is 2.61. The first-order valence-electron chi connectivity index (χ1n) is 6.17. The molecule has 1 aromatic heterocycles. The quantitative estimate of drug-likeness (QED) is 0.859. The molecule has 0 spiro atoms. The predicted octanol–water partition coefficient (Wildman–Crippen LogP) is 2.01. The maximum atomic E-state index is 12.2. The fraction of sp³-hybridized carbons (Fsp3) is 0.429. The van der Waals surface area contributed by atoms with Gasteiger partial charge in [-0.25, -0.2) is 9.99 Å². The van der Waals surface area contributed by atoms with Crippen molar-refractivity contribution in [3.05, 3.63) is 29.7 Å². The zero-order chi connectivity index (χ0) is 14.2. The first-order chi connectivity index (χ1) is 8.80. The molecule has 102 valence electrons. The average molecular weight is 261 g/mol. The number of hydrogen-bond acceptors (Lipinski definition) is 4. The lowest BCUT2D eigenvalue weighted by atomic mass is 9.84. The van der Waals surface area contributed by atoms with E-state index in [4.69, 9.17) is 4.42 Å². The Kier molecular flexibility index (Phi) is 3.32. The van der Waals surface area contributed by atoms with Gasteiger partial charge in [-0.15, -0.1) is 0 Å². The highest BCUT2D eigenvalue weighted by molar-refractivity contribution is 5.88. The molecular formula is C14H19N3O2. The van der Waals surface area contributed by atoms with Crippen molar-refractivity contribution in [2.45, 2.75) is 26.2 Å². The molecule has 1 aromatic carbocycles. The first-order valence-corrected chi connectivity index (χ1v) is 6.17. The summed E-state index contributed by atoms with van der Waals surface area (Å²) in [4.78, 5) is 16.5. The molecule has 0 saturated carbocycles. The summed E-state index contributed by atoms with van der Waals surface area (Å²) in [5, 5.41) is 1.64. The molecule has 0 aliphatic heterocycles. The molecular weight excluding hydrogens is 242 g/mol. The van der Waals surface area contributed by atoms with E-state index in [1.807, 2.05) is 39.0 Å². The molecule has 5 nitrogen and oxygen atoms in total. The lowest BCUT2D eigenvalue weighted by Crippen LogP contribution is -2.46. The Morgan fingerprint density at radius 1 is 1.37 bits per heavy atom. The number of nitrogens with one attached hydrogen (secondary N) is 1. The lowest BCUT2D eigenvalue weighted by molar-refractivity contribution is -0.129. The molecule has 1 amide bonds. The van der Waals surface area contributed by atoms with Crippen molar-refractivity contribution in [1.29, 1.82) is 0 Å². The second kappa shape index (κ2) is 4.66. The van der Waals surface area contributed by atoms with Crippen molar-refractivity contribution in [2.24, 2.45) is 0 Å². The third-order valence-electron chi connectivity index (χ3n) is 3.11. The fourth-order valence-corrected chi connectivity index (χ4v) is 1.90. The molecule has 0 saturated heterocycles. The summed E-state index contributed by atoms with van der Waals surface area (Å²) in [6.07, 6.45) is 0. The Labute approximate surface area is 112 Å². The summed E-state index contributed by atoms with van der Waals surface area (Å²) in [7, 11) is 3.58. The fourth-order valence-electron chi connectivity index (χ4n) is 1.90. The minimum Gasteiger partial charge on any atom is -0.441 e. The van der Waals surface area contributed by atoms with Crippen LogP contribution in [0.3, 0.4) is 0 Å². The van der Waals surface area contributed by atoms with Gasteiger partial charge in [-0.2, -0.15) is 0 Å². The Bertz CT molecular complexity index is 614. The molecule has 1 N–H and O–H groups in total. The van der Waals surface area contributed by atoms with E-state index in [9.17, 15) is 4.79 Å². The van der Waals surface area contributed by atoms with Crippen LogP contribution in [0, 0.1) is 6.92 Å². The number of amides is 1. The Morgan fingerprint density at radius 3 is 2.68 bits per heavy atom. The second-order valence-electron chi connectivity index (χ2n) is 5.38. The molecule has 0 bridgehead atoms. The van der Waals surface area contributed by atoms with Crippen molar-refractivity contribution in [3.8, 4) is 0 Å². The zero-order valence-corrected chi connectivity index (χ0v) is 11.9. The summed E-state index contributed by atoms with van der Waals surface area (Å²) in [6.45, 7) is 5.58. The molecule has 0 radical (unpaired) electrons. The van der Waals surface area contributed by atoms with Crippen LogP contribution in [-0.4, -0.2) is 30.0 Å². The Morgan fingerprint density at radius 2 is 2.05 bits per heavy atom. The maximum absolute atomic E-state index is 12.2. The highest BCUT2D eigenvalue weighted by Crippen LogP contribution is 2.27. The summed E-state index contributed by atoms with van der Waals surface area (Å²) >= 11 is 0. The summed E-state index contributed by atoms with van der Waals surface area (Å²) in [5.74, 6) is 0.566. The van der Waals surface area contributed by atoms with Gasteiger partial charge in [0.1, 0.15) is 5.52 Å². The number of hydrogen-bond donors (Lipinski definition) is 1. The topological polar surface area (TPSA) is 58.4 Å². The number of hydrazine groups is 1. The van der Waals surface area contributed by atoms with Gasteiger partial charge in [-0.3, -0.25) is 10.2 Å². The van der Waals surface area contributed by atoms with E-state index >= 15 is 0 Å². The van der Waals surface area contributed by atoms with Gasteiger partial charge >= 0.3 is 0 Å². The van der Waals surface area contributed by atoms with E-state index in [1.165, 1.54) is 0 Å². The second-order valence-corrected chi connectivity index (χ2v) is 5.38. The number of carbonyl (C=O) groups is 1. The number of nitrogens with zero attached hydrogens (tertiary/aromatic N) is 2. The van der Waals surface area contributed by atoms with Gasteiger partial charge in [-0.1, -0.05) is 6.07 Å². The Balaban J connectivity index is 2.38. The van der Waals surface area contributed by atoms with Gasteiger partial charge in [-0.05, 0) is 31.5 Å². The number of fused-ring (bicyclic) bond motifs is 1. The van der Waals surface area contributed by atoms with E-state index in [-0.39, 0.29) is 5.91 Å². The van der Waals surface area contributed by atoms with Gasteiger partial charge in [0.05, 0.1) is 5.41 Å². The minimum absolute atomic E-state index is 0.0620. The molecule has 0 unspecified atom stereocenters. The lowest BCUT2D eigenvalue weighted by Gasteiger charge is -2.26. The van der Waals surface area contributed by atoms with Crippen molar-refractivity contribution >= 4 is 17.0 Å². The van der Waals surface area contributed by atoms with E-state index in [0.717, 1.165) is 11.1 Å². The monoisotopic (exact) mass is 261 g/mol. The first kappa shape index (κ1) is 13.5. The van der Waals surface area contributed by atoms with Crippen LogP contribution in [0.5, 0.6) is 0 Å². The average Bonchev–Trinajstić information content (AvgIpc) is 2.66. The summed E-state index contributed by atoms with van der Waals surface area (Å²) in [5.41, 5.74) is 4.56. The molecule has 5 heteroatoms. The number of carbonyl (C=O) groups excluding carboxylic acids is 1. The van der Waals surface area contributed by atoms with Crippen molar-refractivity contribution in [1.82, 2.24) is 15.4 Å². The highest BCUT2D eigenvalue weighted by atomic mass is 16.3. The van der Waals surface area contributed by atoms with Crippen molar-refractivity contribution < 1.29 is 9.21 Å². The highest BCUT2D eigenvalue weighted by Gasteiger charge is 2.30. The molecule has 2 rings (SSSR count). The Hall–Kier alpha value is -1.88. The molecule has 19 heavy (non-hydrogen) atoms. The minimum atomic E-state index is -0.640. The molecule has 2 aromatic rings. The van der Waals surface area contributed by atoms with Crippen LogP contribution in [0.4, 0.5) is 0 Å². The van der Waals surface area contributed by atoms with Crippen LogP contribution in [0.15, 0.2) is 22.6 Å². The number of benzene rings is 1. The van der Waals surface area contributed by atoms with Crippen LogP contribution >= 0.6 is 0 Å². The van der Waals surface area contributed by atoms with Gasteiger partial charge in [0.25, 0.3) is 0 Å². The zero-order valence-electron chi connectivity index (χ0n) is 11.9. The molecule has 0 aliphatic rings. The standard InChI is InChI=1S/C14H19N3O2/c1-9-15-11-7-6-10(8-12(11)19-9)14(2,3)13(18)16-17(4)5/h6-8H,1-5H3,(H,16,18). The SMILES string of the molecule is Cc1nc2ccc(C(C)(C)C(=O)NN(C)C)cc2o1. The molecule has 0 atom stereocenters. The number of oxazole rings is 1. The smallest absolute Gasteiger partial charge is 0.244 e. The number of aryl methyl sites for hydroxylation is 1. The van der Waals surface area contributed by atoms with Gasteiger partial charge in [0, 0.05) is 21.0 Å². The molecule has 1 heterocycles. The van der Waals surface area contributed by atoms with Crippen molar-refractivity contribution in [3.63, 3.8) is 0 Å². The largest absolute Gasteiger partial charge is 0.441 e. The van der Waals surface area contributed by atoms with Crippen LogP contribution in [0.25, 0.3) is 11.1 Å². The number of rotatable bonds is 3. The van der Waals surface area contributed by atoms with Crippen LogP contribution < -0.4 is 5.43 Å². The summed E-state index contributed by atoms with van der Waals surface area (Å²) < 4.78 is 5.51. The van der Waals surface area contributed by atoms with E-state index in [2.05, 4.69) is 10.4 Å². The summed E-state index contributed by atoms with van der Waals surface area (Å²) in [6, 6.07) is 5.68. The van der Waals surface area contributed by atoms with E-state index in [0.29, 0.717) is 11.5 Å². The van der Waals surface area contributed by atoms with Gasteiger partial charge < -0.3 is 4.42 Å². The van der Waals surface area contributed by atoms with Crippen molar-refractivity contribution in [2.75, 3.05) is 14.1 Å². The molecule has 0 fully saturated rings. The van der Waals surface area contributed by atoms with E-state index < -0.39 is 5.41 Å². The van der Waals surface area contributed by atoms with Crippen LogP contribution in [-0.2, 0) is 10.2 Å². The normalized spacial score (nSPS) is 12.1. The third-order valence-corrected chi connectivity index (χ3v) is 3.11. The van der Waals surface area contributed by atoms with Gasteiger partial charge in [0.15, 0.2) is 11.5 Å². The van der Waals surface area contributed by atoms with Crippen LogP contribution in [0.2, 0.25) is 0 Å².